The van der Waals surface area contributed by atoms with Crippen molar-refractivity contribution in [1.29, 1.82) is 0 Å². The molecule has 4 aromatic carbocycles. The molecule has 4 aromatic rings. The molecule has 3 aliphatic rings. The molecule has 1 saturated carbocycles. The van der Waals surface area contributed by atoms with Gasteiger partial charge in [0.05, 0.1) is 0 Å². The Balaban J connectivity index is 1.34. The highest BCUT2D eigenvalue weighted by atomic mass is 16.3. The molecule has 6 nitrogen and oxygen atoms in total. The Morgan fingerprint density at radius 3 is 1.39 bits per heavy atom. The normalized spacial score (nSPS) is 26.6. The highest BCUT2D eigenvalue weighted by Gasteiger charge is 2.44. The molecule has 1 aliphatic carbocycles. The van der Waals surface area contributed by atoms with E-state index in [0.717, 1.165) is 55.4 Å². The molecule has 0 atom stereocenters. The van der Waals surface area contributed by atoms with Crippen molar-refractivity contribution in [3.8, 4) is 0 Å². The largest absolute Gasteiger partial charge is 0.851 e. The van der Waals surface area contributed by atoms with Crippen molar-refractivity contribution in [2.45, 2.75) is 63.1 Å². The third-order valence-corrected chi connectivity index (χ3v) is 9.51. The quantitative estimate of drug-likeness (QED) is 0.416. The van der Waals surface area contributed by atoms with Gasteiger partial charge in [-0.3, -0.25) is 0 Å². The van der Waals surface area contributed by atoms with Gasteiger partial charge in [0.2, 0.25) is 0 Å². The Labute approximate surface area is 223 Å². The van der Waals surface area contributed by atoms with Crippen molar-refractivity contribution in [3.63, 3.8) is 0 Å². The Morgan fingerprint density at radius 2 is 1.00 bits per heavy atom. The molecular weight excluding hydrogens is 472 g/mol. The van der Waals surface area contributed by atoms with Gasteiger partial charge in [0.15, 0.2) is 0 Å². The zero-order valence-electron chi connectivity index (χ0n) is 22.8. The summed E-state index contributed by atoms with van der Waals surface area (Å²) in [6.45, 7) is 8.50. The molecule has 0 aromatic heterocycles. The fraction of sp³-hybridized carbons (Fsp3) is 0.375. The van der Waals surface area contributed by atoms with E-state index in [1.165, 1.54) is 0 Å². The highest BCUT2D eigenvalue weighted by Crippen LogP contribution is 2.54. The van der Waals surface area contributed by atoms with Gasteiger partial charge in [-0.1, -0.05) is 48.5 Å². The molecule has 0 unspecified atom stereocenters. The van der Waals surface area contributed by atoms with Crippen LogP contribution in [0.4, 0.5) is 22.7 Å². The predicted molar refractivity (Wildman–Crippen MR) is 153 cm³/mol. The van der Waals surface area contributed by atoms with Gasteiger partial charge in [-0.25, -0.2) is 0 Å². The van der Waals surface area contributed by atoms with Crippen molar-refractivity contribution in [1.82, 2.24) is 0 Å². The first-order valence-corrected chi connectivity index (χ1v) is 13.5. The first-order valence-electron chi connectivity index (χ1n) is 13.5. The van der Waals surface area contributed by atoms with Crippen LogP contribution in [0.5, 0.6) is 0 Å². The molecule has 0 spiro atoms. The second-order valence-corrected chi connectivity index (χ2v) is 12.3. The van der Waals surface area contributed by atoms with E-state index in [0.29, 0.717) is 0 Å². The van der Waals surface area contributed by atoms with Crippen LogP contribution in [0.3, 0.4) is 0 Å². The molecule has 0 bridgehead atoms. The van der Waals surface area contributed by atoms with Crippen LogP contribution in [-0.2, 0) is 0 Å². The molecule has 2 heterocycles. The van der Waals surface area contributed by atoms with Gasteiger partial charge in [-0.15, -0.1) is 12.2 Å². The number of benzene rings is 4. The minimum Gasteiger partial charge on any atom is -0.851 e. The molecule has 0 saturated heterocycles. The molecule has 196 valence electrons. The van der Waals surface area contributed by atoms with Crippen LogP contribution in [0.1, 0.15) is 50.7 Å². The summed E-state index contributed by atoms with van der Waals surface area (Å²) in [6, 6.07) is 20.7. The van der Waals surface area contributed by atoms with Gasteiger partial charge >= 0.3 is 0 Å². The second-order valence-electron chi connectivity index (χ2n) is 12.3. The zero-order valence-corrected chi connectivity index (χ0v) is 22.8. The lowest BCUT2D eigenvalue weighted by Gasteiger charge is -2.63. The molecule has 1 fully saturated rings. The van der Waals surface area contributed by atoms with Crippen LogP contribution >= 0.6 is 0 Å². The Bertz CT molecular complexity index is 1500. The summed E-state index contributed by atoms with van der Waals surface area (Å²) in [7, 11) is 4.16. The average molecular weight is 507 g/mol. The van der Waals surface area contributed by atoms with E-state index < -0.39 is 24.0 Å². The maximum atomic E-state index is 14.0. The number of nitrogens with one attached hydrogen (secondary N) is 2. The Morgan fingerprint density at radius 1 is 0.605 bits per heavy atom. The van der Waals surface area contributed by atoms with E-state index in [4.69, 9.17) is 0 Å². The maximum Gasteiger partial charge on any atom is 0.104 e. The van der Waals surface area contributed by atoms with E-state index in [2.05, 4.69) is 111 Å². The summed E-state index contributed by atoms with van der Waals surface area (Å²) in [5, 5.41) is 39.8. The van der Waals surface area contributed by atoms with Crippen LogP contribution in [0.25, 0.3) is 21.5 Å². The van der Waals surface area contributed by atoms with Gasteiger partial charge in [-0.05, 0) is 73.6 Å². The van der Waals surface area contributed by atoms with Crippen LogP contribution in [0.2, 0.25) is 0 Å². The zero-order chi connectivity index (χ0) is 26.7. The van der Waals surface area contributed by atoms with Gasteiger partial charge in [0, 0.05) is 47.6 Å². The Kier molecular flexibility index (Phi) is 4.69. The molecule has 7 rings (SSSR count). The third kappa shape index (κ3) is 2.96. The third-order valence-electron chi connectivity index (χ3n) is 9.51. The summed E-state index contributed by atoms with van der Waals surface area (Å²) in [5.74, 6) is -1.20. The summed E-state index contributed by atoms with van der Waals surface area (Å²) in [6.07, 6.45) is -2.04. The van der Waals surface area contributed by atoms with Gasteiger partial charge in [0.25, 0.3) is 0 Å². The fourth-order valence-corrected chi connectivity index (χ4v) is 6.90. The molecule has 38 heavy (non-hydrogen) atoms. The summed E-state index contributed by atoms with van der Waals surface area (Å²) >= 11 is 0. The van der Waals surface area contributed by atoms with Crippen molar-refractivity contribution < 1.29 is 10.2 Å². The minimum absolute atomic E-state index is 0.349. The SMILES string of the molecule is CN1c2cccc3ccc(C4C([O-])C(c5ccc6cccc7c6c5NC(C)(C)N7C)C4[O-])c(c23)NC1(C)C. The van der Waals surface area contributed by atoms with Crippen molar-refractivity contribution >= 4 is 44.3 Å². The number of hydrogen-bond acceptors (Lipinski definition) is 6. The lowest BCUT2D eigenvalue weighted by Crippen LogP contribution is -2.64. The lowest BCUT2D eigenvalue weighted by molar-refractivity contribution is -0.535. The summed E-state index contributed by atoms with van der Waals surface area (Å²) in [4.78, 5) is 4.45. The van der Waals surface area contributed by atoms with Crippen molar-refractivity contribution in [2.75, 3.05) is 34.5 Å². The van der Waals surface area contributed by atoms with E-state index in [9.17, 15) is 10.2 Å². The van der Waals surface area contributed by atoms with Crippen LogP contribution in [0, 0.1) is 0 Å². The van der Waals surface area contributed by atoms with Gasteiger partial charge < -0.3 is 30.6 Å². The van der Waals surface area contributed by atoms with Crippen LogP contribution in [-0.4, -0.2) is 37.6 Å². The molecular formula is C32H34N4O2-2. The molecule has 0 amide bonds. The monoisotopic (exact) mass is 506 g/mol. The Hall–Kier alpha value is -3.48. The van der Waals surface area contributed by atoms with Crippen LogP contribution in [0.15, 0.2) is 60.7 Å². The van der Waals surface area contributed by atoms with Crippen LogP contribution < -0.4 is 30.6 Å². The number of nitrogens with zero attached hydrogens (tertiary/aromatic N) is 2. The van der Waals surface area contributed by atoms with Crippen molar-refractivity contribution in [2.24, 2.45) is 0 Å². The standard InChI is InChI=1S/C32H34N4O2/c1-31(2)33-27-19(15-13-17-9-7-11-21(23(17)27)35(31)5)25-29(37)26(30(25)38)20-16-14-18-10-8-12-22-24(18)28(20)34-32(3,4)36(22)6/h7-16,25-26,29-30,33-34H,1-6H3/q-2. The molecule has 2 N–H and O–H groups in total. The topological polar surface area (TPSA) is 76.7 Å². The first kappa shape index (κ1) is 23.6. The fourth-order valence-electron chi connectivity index (χ4n) is 6.90. The highest BCUT2D eigenvalue weighted by molar-refractivity contribution is 6.08. The molecule has 0 radical (unpaired) electrons. The smallest absolute Gasteiger partial charge is 0.104 e. The van der Waals surface area contributed by atoms with Crippen molar-refractivity contribution in [3.05, 3.63) is 71.8 Å². The predicted octanol–water partition coefficient (Wildman–Crippen LogP) is 4.53. The van der Waals surface area contributed by atoms with E-state index in [-0.39, 0.29) is 11.3 Å². The maximum absolute atomic E-state index is 14.0. The average Bonchev–Trinajstić information content (AvgIpc) is 2.88. The summed E-state index contributed by atoms with van der Waals surface area (Å²) < 4.78 is 0. The van der Waals surface area contributed by atoms with E-state index >= 15 is 0 Å². The molecule has 6 heteroatoms. The summed E-state index contributed by atoms with van der Waals surface area (Å²) in [5.41, 5.74) is 5.12. The number of anilines is 4. The van der Waals surface area contributed by atoms with E-state index in [1.807, 2.05) is 12.1 Å². The van der Waals surface area contributed by atoms with Gasteiger partial charge in [0.1, 0.15) is 11.3 Å². The van der Waals surface area contributed by atoms with Gasteiger partial charge in [-0.2, -0.15) is 0 Å². The number of hydrogen-bond donors (Lipinski definition) is 2. The first-order chi connectivity index (χ1) is 18.0. The lowest BCUT2D eigenvalue weighted by atomic mass is 9.62. The number of rotatable bonds is 2. The second kappa shape index (κ2) is 7.55. The minimum atomic E-state index is -1.02. The molecule has 2 aliphatic heterocycles. The van der Waals surface area contributed by atoms with E-state index in [1.54, 1.807) is 0 Å².